The molecule has 2 rings (SSSR count). The Balaban J connectivity index is 2.35. The van der Waals surface area contributed by atoms with Crippen molar-refractivity contribution in [3.8, 4) is 0 Å². The number of anilines is 1. The van der Waals surface area contributed by atoms with Crippen molar-refractivity contribution >= 4 is 56.7 Å². The second-order valence-corrected chi connectivity index (χ2v) is 5.15. The van der Waals surface area contributed by atoms with Crippen LogP contribution in [0.15, 0.2) is 40.1 Å². The molecule has 2 aromatic rings. The van der Waals surface area contributed by atoms with Crippen molar-refractivity contribution in [1.29, 1.82) is 0 Å². The van der Waals surface area contributed by atoms with E-state index in [-0.39, 0.29) is 0 Å². The average Bonchev–Trinajstić information content (AvgIpc) is 2.34. The number of nitrogens with two attached hydrogens (primary N) is 1. The molecule has 1 aromatic carbocycles. The molecular weight excluding hydrogens is 337 g/mol. The highest BCUT2D eigenvalue weighted by molar-refractivity contribution is 9.10. The van der Waals surface area contributed by atoms with E-state index in [0.29, 0.717) is 26.0 Å². The monoisotopic (exact) mass is 343 g/mol. The van der Waals surface area contributed by atoms with Gasteiger partial charge in [0.15, 0.2) is 0 Å². The number of halogens is 3. The minimum absolute atomic E-state index is 0.468. The zero-order valence-corrected chi connectivity index (χ0v) is 12.2. The third-order valence-corrected chi connectivity index (χ3v) is 3.15. The largest absolute Gasteiger partial charge is 0.398 e. The Morgan fingerprint density at radius 2 is 2.06 bits per heavy atom. The number of hydrogen-bond donors (Lipinski definition) is 1. The predicted octanol–water partition coefficient (Wildman–Crippen LogP) is 4.48. The van der Waals surface area contributed by atoms with Crippen LogP contribution in [0.2, 0.25) is 10.0 Å². The highest BCUT2D eigenvalue weighted by Crippen LogP contribution is 2.26. The molecule has 0 spiro atoms. The first-order chi connectivity index (χ1) is 8.56. The first-order valence-corrected chi connectivity index (χ1v) is 6.51. The number of benzene rings is 1. The van der Waals surface area contributed by atoms with Gasteiger partial charge in [0.1, 0.15) is 4.60 Å². The van der Waals surface area contributed by atoms with E-state index in [2.05, 4.69) is 25.9 Å². The van der Waals surface area contributed by atoms with E-state index in [0.717, 1.165) is 5.56 Å². The Morgan fingerprint density at radius 1 is 1.28 bits per heavy atom. The molecule has 0 amide bonds. The van der Waals surface area contributed by atoms with Gasteiger partial charge in [0.25, 0.3) is 0 Å². The number of nitrogen functional groups attached to an aromatic ring is 1. The molecule has 0 fully saturated rings. The Hall–Kier alpha value is -1.10. The lowest BCUT2D eigenvalue weighted by molar-refractivity contribution is 1.27. The number of nitrogens with zero attached hydrogens (tertiary/aromatic N) is 2. The molecular formula is C12H8BrCl2N3. The summed E-state index contributed by atoms with van der Waals surface area (Å²) in [5.41, 5.74) is 7.77. The molecule has 0 aliphatic carbocycles. The molecule has 3 nitrogen and oxygen atoms in total. The van der Waals surface area contributed by atoms with Crippen molar-refractivity contribution in [1.82, 2.24) is 4.98 Å². The number of hydrogen-bond acceptors (Lipinski definition) is 3. The smallest absolute Gasteiger partial charge is 0.108 e. The van der Waals surface area contributed by atoms with Gasteiger partial charge in [0, 0.05) is 28.7 Å². The Bertz CT molecular complexity index is 561. The fraction of sp³-hybridized carbons (Fsp3) is 0. The predicted molar refractivity (Wildman–Crippen MR) is 80.1 cm³/mol. The van der Waals surface area contributed by atoms with Crippen molar-refractivity contribution in [3.63, 3.8) is 0 Å². The molecule has 0 unspecified atom stereocenters. The standard InChI is InChI=1S/C12H8BrCl2N3/c13-12-4-11(9(15)6-18-12)17-5-7-3-8(14)1-2-10(7)16/h1-6H,16H2. The summed E-state index contributed by atoms with van der Waals surface area (Å²) >= 11 is 15.1. The van der Waals surface area contributed by atoms with Crippen molar-refractivity contribution in [2.75, 3.05) is 5.73 Å². The number of aliphatic imine (C=N–C) groups is 1. The summed E-state index contributed by atoms with van der Waals surface area (Å²) in [6.45, 7) is 0. The Labute approximate surface area is 123 Å². The summed E-state index contributed by atoms with van der Waals surface area (Å²) < 4.78 is 0.665. The van der Waals surface area contributed by atoms with E-state index in [4.69, 9.17) is 28.9 Å². The van der Waals surface area contributed by atoms with Crippen LogP contribution in [0, 0.1) is 0 Å². The van der Waals surface area contributed by atoms with Crippen LogP contribution in [-0.2, 0) is 0 Å². The molecule has 92 valence electrons. The Morgan fingerprint density at radius 3 is 2.83 bits per heavy atom. The second kappa shape index (κ2) is 5.69. The van der Waals surface area contributed by atoms with Crippen LogP contribution >= 0.6 is 39.1 Å². The maximum atomic E-state index is 5.98. The third kappa shape index (κ3) is 3.22. The van der Waals surface area contributed by atoms with Crippen LogP contribution in [0.4, 0.5) is 11.4 Å². The first-order valence-electron chi connectivity index (χ1n) is 4.96. The molecule has 6 heteroatoms. The van der Waals surface area contributed by atoms with E-state index in [1.807, 2.05) is 0 Å². The van der Waals surface area contributed by atoms with Crippen molar-refractivity contribution in [3.05, 3.63) is 50.7 Å². The van der Waals surface area contributed by atoms with Gasteiger partial charge in [-0.25, -0.2) is 4.98 Å². The lowest BCUT2D eigenvalue weighted by atomic mass is 10.2. The molecule has 18 heavy (non-hydrogen) atoms. The van der Waals surface area contributed by atoms with Crippen LogP contribution in [0.1, 0.15) is 5.56 Å². The van der Waals surface area contributed by atoms with E-state index in [1.54, 1.807) is 30.5 Å². The highest BCUT2D eigenvalue weighted by Gasteiger charge is 2.01. The van der Waals surface area contributed by atoms with Crippen LogP contribution in [-0.4, -0.2) is 11.2 Å². The minimum Gasteiger partial charge on any atom is -0.398 e. The van der Waals surface area contributed by atoms with Crippen LogP contribution in [0.25, 0.3) is 0 Å². The molecule has 0 aliphatic heterocycles. The number of pyridine rings is 1. The van der Waals surface area contributed by atoms with Crippen molar-refractivity contribution in [2.45, 2.75) is 0 Å². The lowest BCUT2D eigenvalue weighted by Crippen LogP contribution is -1.92. The van der Waals surface area contributed by atoms with E-state index in [1.165, 1.54) is 6.20 Å². The molecule has 2 N–H and O–H groups in total. The zero-order valence-electron chi connectivity index (χ0n) is 9.07. The van der Waals surface area contributed by atoms with Gasteiger partial charge in [-0.3, -0.25) is 4.99 Å². The van der Waals surface area contributed by atoms with E-state index in [9.17, 15) is 0 Å². The highest BCUT2D eigenvalue weighted by atomic mass is 79.9. The Kier molecular flexibility index (Phi) is 4.22. The van der Waals surface area contributed by atoms with Crippen molar-refractivity contribution < 1.29 is 0 Å². The summed E-state index contributed by atoms with van der Waals surface area (Å²) in [7, 11) is 0. The normalized spacial score (nSPS) is 11.1. The first kappa shape index (κ1) is 13.3. The summed E-state index contributed by atoms with van der Waals surface area (Å²) in [6.07, 6.45) is 3.15. The van der Waals surface area contributed by atoms with Crippen LogP contribution in [0.5, 0.6) is 0 Å². The van der Waals surface area contributed by atoms with Gasteiger partial charge in [0.05, 0.1) is 10.7 Å². The summed E-state index contributed by atoms with van der Waals surface area (Å²) in [5.74, 6) is 0. The maximum absolute atomic E-state index is 5.98. The molecule has 1 heterocycles. The van der Waals surface area contributed by atoms with Gasteiger partial charge < -0.3 is 5.73 Å². The van der Waals surface area contributed by atoms with E-state index >= 15 is 0 Å². The SMILES string of the molecule is Nc1ccc(Cl)cc1C=Nc1cc(Br)ncc1Cl. The van der Waals surface area contributed by atoms with Crippen molar-refractivity contribution in [2.24, 2.45) is 4.99 Å². The molecule has 0 saturated heterocycles. The third-order valence-electron chi connectivity index (χ3n) is 2.19. The van der Waals surface area contributed by atoms with E-state index < -0.39 is 0 Å². The van der Waals surface area contributed by atoms with Gasteiger partial charge in [-0.05, 0) is 40.2 Å². The van der Waals surface area contributed by atoms with Gasteiger partial charge in [-0.15, -0.1) is 0 Å². The van der Waals surface area contributed by atoms with Gasteiger partial charge in [0.2, 0.25) is 0 Å². The van der Waals surface area contributed by atoms with Crippen LogP contribution < -0.4 is 5.73 Å². The summed E-state index contributed by atoms with van der Waals surface area (Å²) in [5, 5.41) is 1.07. The molecule has 1 aromatic heterocycles. The number of aromatic nitrogens is 1. The molecule has 0 bridgehead atoms. The quantitative estimate of drug-likeness (QED) is 0.496. The molecule has 0 aliphatic rings. The number of rotatable bonds is 2. The summed E-state index contributed by atoms with van der Waals surface area (Å²) in [4.78, 5) is 8.26. The van der Waals surface area contributed by atoms with Crippen LogP contribution in [0.3, 0.4) is 0 Å². The zero-order chi connectivity index (χ0) is 13.1. The topological polar surface area (TPSA) is 51.3 Å². The van der Waals surface area contributed by atoms with Gasteiger partial charge in [-0.1, -0.05) is 23.2 Å². The fourth-order valence-electron chi connectivity index (χ4n) is 1.30. The minimum atomic E-state index is 0.468. The summed E-state index contributed by atoms with van der Waals surface area (Å²) in [6, 6.07) is 6.92. The van der Waals surface area contributed by atoms with Gasteiger partial charge >= 0.3 is 0 Å². The second-order valence-electron chi connectivity index (χ2n) is 3.49. The van der Waals surface area contributed by atoms with Gasteiger partial charge in [-0.2, -0.15) is 0 Å². The average molecular weight is 345 g/mol. The fourth-order valence-corrected chi connectivity index (χ4v) is 1.95. The lowest BCUT2D eigenvalue weighted by Gasteiger charge is -2.01. The molecule has 0 atom stereocenters. The molecule has 0 saturated carbocycles. The maximum Gasteiger partial charge on any atom is 0.108 e. The molecule has 0 radical (unpaired) electrons.